The molecular formula is C41H27N3. The topological polar surface area (TPSA) is 22.8 Å². The second kappa shape index (κ2) is 9.82. The number of benzene rings is 6. The lowest BCUT2D eigenvalue weighted by Gasteiger charge is -2.14. The molecule has 0 aliphatic carbocycles. The van der Waals surface area contributed by atoms with Crippen LogP contribution in [0.15, 0.2) is 164 Å². The summed E-state index contributed by atoms with van der Waals surface area (Å²) in [5, 5.41) is 4.99. The molecule has 9 rings (SSSR count). The van der Waals surface area contributed by atoms with E-state index in [4.69, 9.17) is 4.98 Å². The van der Waals surface area contributed by atoms with Gasteiger partial charge in [-0.2, -0.15) is 0 Å². The van der Waals surface area contributed by atoms with Gasteiger partial charge < -0.3 is 4.57 Å². The molecule has 0 aliphatic rings. The van der Waals surface area contributed by atoms with Crippen molar-refractivity contribution < 1.29 is 0 Å². The van der Waals surface area contributed by atoms with E-state index in [0.717, 1.165) is 39.4 Å². The molecule has 0 saturated heterocycles. The fourth-order valence-electron chi connectivity index (χ4n) is 6.73. The first kappa shape index (κ1) is 24.6. The van der Waals surface area contributed by atoms with Crippen molar-refractivity contribution in [1.82, 2.24) is 14.1 Å². The number of fused-ring (bicyclic) bond motifs is 6. The smallest absolute Gasteiger partial charge is 0.138 e. The summed E-state index contributed by atoms with van der Waals surface area (Å²) in [6.45, 7) is 0. The zero-order chi connectivity index (χ0) is 29.0. The number of rotatable bonds is 4. The molecule has 3 heterocycles. The summed E-state index contributed by atoms with van der Waals surface area (Å²) >= 11 is 0. The zero-order valence-corrected chi connectivity index (χ0v) is 23.9. The molecular weight excluding hydrogens is 534 g/mol. The predicted octanol–water partition coefficient (Wildman–Crippen LogP) is 10.6. The molecule has 206 valence electrons. The second-order valence-corrected chi connectivity index (χ2v) is 11.3. The Hall–Kier alpha value is -5.93. The molecule has 0 bridgehead atoms. The highest BCUT2D eigenvalue weighted by Gasteiger charge is 2.16. The van der Waals surface area contributed by atoms with Crippen LogP contribution in [-0.2, 0) is 0 Å². The van der Waals surface area contributed by atoms with Crippen LogP contribution in [0.5, 0.6) is 0 Å². The van der Waals surface area contributed by atoms with Gasteiger partial charge in [0, 0.05) is 32.8 Å². The molecule has 0 amide bonds. The quantitative estimate of drug-likeness (QED) is 0.210. The van der Waals surface area contributed by atoms with Gasteiger partial charge >= 0.3 is 0 Å². The molecule has 0 aliphatic heterocycles. The summed E-state index contributed by atoms with van der Waals surface area (Å²) in [7, 11) is 0. The van der Waals surface area contributed by atoms with Crippen LogP contribution >= 0.6 is 0 Å². The van der Waals surface area contributed by atoms with E-state index >= 15 is 0 Å². The molecule has 3 nitrogen and oxygen atoms in total. The molecule has 9 aromatic rings. The average Bonchev–Trinajstić information content (AvgIpc) is 3.62. The highest BCUT2D eigenvalue weighted by atomic mass is 15.1. The SMILES string of the molecule is c1ccc(-c2cc(-c3ccc(-n4c5ccccc5c5ccccc54)cc3)nc(-n3c4ccccc4c4ccccc43)c2)cc1. The number of aromatic nitrogens is 3. The normalized spacial score (nSPS) is 11.6. The van der Waals surface area contributed by atoms with Crippen LogP contribution in [0.1, 0.15) is 0 Å². The number of nitrogens with zero attached hydrogens (tertiary/aromatic N) is 3. The Labute approximate surface area is 254 Å². The Kier molecular flexibility index (Phi) is 5.50. The number of hydrogen-bond acceptors (Lipinski definition) is 1. The molecule has 0 radical (unpaired) electrons. The molecule has 0 unspecified atom stereocenters. The van der Waals surface area contributed by atoms with Crippen molar-refractivity contribution in [2.75, 3.05) is 0 Å². The average molecular weight is 562 g/mol. The first-order valence-corrected chi connectivity index (χ1v) is 15.0. The van der Waals surface area contributed by atoms with Gasteiger partial charge in [0.25, 0.3) is 0 Å². The third-order valence-corrected chi connectivity index (χ3v) is 8.73. The standard InChI is InChI=1S/C41H27N3/c1-2-12-28(13-3-1)30-26-36(42-41(27-30)44-39-20-10-6-16-34(39)35-17-7-11-21-40(35)44)29-22-24-31(25-23-29)43-37-18-8-4-14-32(37)33-15-5-9-19-38(33)43/h1-27H. The largest absolute Gasteiger partial charge is 0.309 e. The molecule has 6 aromatic carbocycles. The van der Waals surface area contributed by atoms with E-state index in [1.165, 1.54) is 38.1 Å². The second-order valence-electron chi connectivity index (χ2n) is 11.3. The Morgan fingerprint density at radius 3 is 1.32 bits per heavy atom. The Bertz CT molecular complexity index is 2370. The van der Waals surface area contributed by atoms with Gasteiger partial charge in [-0.05, 0) is 59.7 Å². The highest BCUT2D eigenvalue weighted by molar-refractivity contribution is 6.10. The van der Waals surface area contributed by atoms with Gasteiger partial charge in [-0.3, -0.25) is 4.57 Å². The predicted molar refractivity (Wildman–Crippen MR) is 184 cm³/mol. The van der Waals surface area contributed by atoms with Crippen molar-refractivity contribution in [3.05, 3.63) is 164 Å². The van der Waals surface area contributed by atoms with Crippen molar-refractivity contribution in [2.24, 2.45) is 0 Å². The first-order chi connectivity index (χ1) is 21.8. The lowest BCUT2D eigenvalue weighted by atomic mass is 10.0. The maximum absolute atomic E-state index is 5.32. The third-order valence-electron chi connectivity index (χ3n) is 8.73. The fourth-order valence-corrected chi connectivity index (χ4v) is 6.73. The molecule has 0 atom stereocenters. The number of pyridine rings is 1. The van der Waals surface area contributed by atoms with E-state index in [1.54, 1.807) is 0 Å². The van der Waals surface area contributed by atoms with Gasteiger partial charge in [0.1, 0.15) is 5.82 Å². The summed E-state index contributed by atoms with van der Waals surface area (Å²) in [6, 6.07) is 58.3. The van der Waals surface area contributed by atoms with E-state index < -0.39 is 0 Å². The van der Waals surface area contributed by atoms with Crippen LogP contribution < -0.4 is 0 Å². The summed E-state index contributed by atoms with van der Waals surface area (Å²) in [4.78, 5) is 5.32. The van der Waals surface area contributed by atoms with Crippen LogP contribution in [0, 0.1) is 0 Å². The fraction of sp³-hybridized carbons (Fsp3) is 0. The lowest BCUT2D eigenvalue weighted by Crippen LogP contribution is -2.00. The summed E-state index contributed by atoms with van der Waals surface area (Å²) in [5.41, 5.74) is 10.2. The zero-order valence-electron chi connectivity index (χ0n) is 23.9. The molecule has 0 saturated carbocycles. The van der Waals surface area contributed by atoms with Gasteiger partial charge in [-0.15, -0.1) is 0 Å². The van der Waals surface area contributed by atoms with E-state index in [2.05, 4.69) is 173 Å². The molecule has 3 aromatic heterocycles. The highest BCUT2D eigenvalue weighted by Crippen LogP contribution is 2.36. The summed E-state index contributed by atoms with van der Waals surface area (Å²) in [5.74, 6) is 0.908. The maximum Gasteiger partial charge on any atom is 0.138 e. The van der Waals surface area contributed by atoms with Crippen molar-refractivity contribution >= 4 is 43.6 Å². The van der Waals surface area contributed by atoms with Gasteiger partial charge in [0.05, 0.1) is 27.8 Å². The summed E-state index contributed by atoms with van der Waals surface area (Å²) < 4.78 is 4.65. The minimum absolute atomic E-state index is 0.908. The van der Waals surface area contributed by atoms with E-state index in [0.29, 0.717) is 0 Å². The van der Waals surface area contributed by atoms with E-state index in [-0.39, 0.29) is 0 Å². The number of hydrogen-bond donors (Lipinski definition) is 0. The molecule has 0 fully saturated rings. The van der Waals surface area contributed by atoms with Gasteiger partial charge in [-0.25, -0.2) is 4.98 Å². The van der Waals surface area contributed by atoms with Crippen LogP contribution in [0.2, 0.25) is 0 Å². The van der Waals surface area contributed by atoms with Crippen molar-refractivity contribution in [1.29, 1.82) is 0 Å². The Morgan fingerprint density at radius 1 is 0.341 bits per heavy atom. The van der Waals surface area contributed by atoms with E-state index in [9.17, 15) is 0 Å². The van der Waals surface area contributed by atoms with Gasteiger partial charge in [0.15, 0.2) is 0 Å². The van der Waals surface area contributed by atoms with Crippen LogP contribution in [0.3, 0.4) is 0 Å². The molecule has 44 heavy (non-hydrogen) atoms. The van der Waals surface area contributed by atoms with Gasteiger partial charge in [-0.1, -0.05) is 115 Å². The number of para-hydroxylation sites is 4. The van der Waals surface area contributed by atoms with Crippen molar-refractivity contribution in [3.63, 3.8) is 0 Å². The summed E-state index contributed by atoms with van der Waals surface area (Å²) in [6.07, 6.45) is 0. The molecule has 0 N–H and O–H groups in total. The minimum atomic E-state index is 0.908. The molecule has 3 heteroatoms. The Balaban J connectivity index is 1.24. The third kappa shape index (κ3) is 3.80. The van der Waals surface area contributed by atoms with E-state index in [1.807, 2.05) is 0 Å². The van der Waals surface area contributed by atoms with Crippen molar-refractivity contribution in [2.45, 2.75) is 0 Å². The van der Waals surface area contributed by atoms with Crippen molar-refractivity contribution in [3.8, 4) is 33.9 Å². The van der Waals surface area contributed by atoms with Gasteiger partial charge in [0.2, 0.25) is 0 Å². The Morgan fingerprint density at radius 2 is 0.795 bits per heavy atom. The van der Waals surface area contributed by atoms with Crippen LogP contribution in [0.25, 0.3) is 77.5 Å². The monoisotopic (exact) mass is 561 g/mol. The van der Waals surface area contributed by atoms with Crippen LogP contribution in [-0.4, -0.2) is 14.1 Å². The van der Waals surface area contributed by atoms with Crippen LogP contribution in [0.4, 0.5) is 0 Å². The maximum atomic E-state index is 5.32. The molecule has 0 spiro atoms. The minimum Gasteiger partial charge on any atom is -0.309 e. The lowest BCUT2D eigenvalue weighted by molar-refractivity contribution is 1.08. The first-order valence-electron chi connectivity index (χ1n) is 15.0.